The predicted octanol–water partition coefficient (Wildman–Crippen LogP) is 3.16. The zero-order valence-electron chi connectivity index (χ0n) is 13.4. The van der Waals surface area contributed by atoms with E-state index in [1.54, 1.807) is 20.8 Å². The van der Waals surface area contributed by atoms with E-state index < -0.39 is 11.7 Å². The molecule has 116 valence electrons. The molecule has 2 amide bonds. The number of carbonyl (C=O) groups excluding carboxylic acids is 2. The van der Waals surface area contributed by atoms with Crippen molar-refractivity contribution in [1.82, 2.24) is 5.32 Å². The molecule has 0 saturated heterocycles. The normalized spacial score (nSPS) is 10.9. The first kappa shape index (κ1) is 17.0. The van der Waals surface area contributed by atoms with Gasteiger partial charge < -0.3 is 15.4 Å². The van der Waals surface area contributed by atoms with Crippen LogP contribution in [0, 0.1) is 13.8 Å². The Morgan fingerprint density at radius 2 is 1.86 bits per heavy atom. The van der Waals surface area contributed by atoms with Crippen LogP contribution in [0.5, 0.6) is 0 Å². The highest BCUT2D eigenvalue weighted by molar-refractivity contribution is 5.91. The number of carbonyl (C=O) groups is 2. The molecule has 2 N–H and O–H groups in total. The Morgan fingerprint density at radius 3 is 2.43 bits per heavy atom. The SMILES string of the molecule is Cc1ccc(NC(=O)CCNC(=O)OC(C)(C)C)c(C)c1. The Bertz CT molecular complexity index is 519. The number of rotatable bonds is 4. The lowest BCUT2D eigenvalue weighted by molar-refractivity contribution is -0.116. The largest absolute Gasteiger partial charge is 0.444 e. The lowest BCUT2D eigenvalue weighted by Gasteiger charge is -2.19. The molecule has 0 saturated carbocycles. The molecule has 0 spiro atoms. The molecule has 0 aliphatic heterocycles. The van der Waals surface area contributed by atoms with E-state index in [0.29, 0.717) is 0 Å². The van der Waals surface area contributed by atoms with Gasteiger partial charge in [-0.15, -0.1) is 0 Å². The van der Waals surface area contributed by atoms with E-state index in [9.17, 15) is 9.59 Å². The van der Waals surface area contributed by atoms with Crippen molar-refractivity contribution in [2.45, 2.75) is 46.6 Å². The van der Waals surface area contributed by atoms with E-state index >= 15 is 0 Å². The molecular weight excluding hydrogens is 268 g/mol. The third-order valence-electron chi connectivity index (χ3n) is 2.68. The lowest BCUT2D eigenvalue weighted by atomic mass is 10.1. The Labute approximate surface area is 126 Å². The summed E-state index contributed by atoms with van der Waals surface area (Å²) in [6.45, 7) is 9.56. The minimum atomic E-state index is -0.536. The molecule has 0 radical (unpaired) electrons. The van der Waals surface area contributed by atoms with Crippen molar-refractivity contribution < 1.29 is 14.3 Å². The van der Waals surface area contributed by atoms with Gasteiger partial charge in [0.2, 0.25) is 5.91 Å². The van der Waals surface area contributed by atoms with Crippen molar-refractivity contribution in [3.05, 3.63) is 29.3 Å². The van der Waals surface area contributed by atoms with Gasteiger partial charge in [-0.1, -0.05) is 17.7 Å². The maximum atomic E-state index is 11.8. The quantitative estimate of drug-likeness (QED) is 0.895. The maximum Gasteiger partial charge on any atom is 0.407 e. The second kappa shape index (κ2) is 7.11. The van der Waals surface area contributed by atoms with Crippen LogP contribution in [-0.2, 0) is 9.53 Å². The van der Waals surface area contributed by atoms with Gasteiger partial charge in [-0.2, -0.15) is 0 Å². The maximum absolute atomic E-state index is 11.8. The monoisotopic (exact) mass is 292 g/mol. The molecule has 0 aromatic heterocycles. The van der Waals surface area contributed by atoms with Crippen LogP contribution in [0.25, 0.3) is 0 Å². The Balaban J connectivity index is 2.36. The third-order valence-corrected chi connectivity index (χ3v) is 2.68. The fourth-order valence-electron chi connectivity index (χ4n) is 1.76. The zero-order valence-corrected chi connectivity index (χ0v) is 13.4. The van der Waals surface area contributed by atoms with E-state index in [4.69, 9.17) is 4.74 Å². The highest BCUT2D eigenvalue weighted by Gasteiger charge is 2.15. The minimum Gasteiger partial charge on any atom is -0.444 e. The number of hydrogen-bond acceptors (Lipinski definition) is 3. The molecule has 0 unspecified atom stereocenters. The van der Waals surface area contributed by atoms with E-state index in [2.05, 4.69) is 10.6 Å². The van der Waals surface area contributed by atoms with Crippen molar-refractivity contribution in [1.29, 1.82) is 0 Å². The van der Waals surface area contributed by atoms with Gasteiger partial charge in [0.25, 0.3) is 0 Å². The molecule has 5 heteroatoms. The van der Waals surface area contributed by atoms with Crippen molar-refractivity contribution in [3.8, 4) is 0 Å². The molecule has 0 heterocycles. The van der Waals surface area contributed by atoms with Gasteiger partial charge in [0.15, 0.2) is 0 Å². The number of alkyl carbamates (subject to hydrolysis) is 1. The number of ether oxygens (including phenoxy) is 1. The molecule has 0 atom stereocenters. The molecule has 0 fully saturated rings. The summed E-state index contributed by atoms with van der Waals surface area (Å²) < 4.78 is 5.09. The first-order valence-corrected chi connectivity index (χ1v) is 7.01. The molecule has 1 aromatic rings. The predicted molar refractivity (Wildman–Crippen MR) is 83.4 cm³/mol. The van der Waals surface area contributed by atoms with Crippen LogP contribution in [0.4, 0.5) is 10.5 Å². The van der Waals surface area contributed by atoms with Crippen LogP contribution >= 0.6 is 0 Å². The zero-order chi connectivity index (χ0) is 16.0. The van der Waals surface area contributed by atoms with E-state index in [0.717, 1.165) is 16.8 Å². The lowest BCUT2D eigenvalue weighted by Crippen LogP contribution is -2.34. The highest BCUT2D eigenvalue weighted by atomic mass is 16.6. The second-order valence-corrected chi connectivity index (χ2v) is 6.05. The molecule has 5 nitrogen and oxygen atoms in total. The fourth-order valence-corrected chi connectivity index (χ4v) is 1.76. The van der Waals surface area contributed by atoms with Crippen LogP contribution in [0.1, 0.15) is 38.3 Å². The van der Waals surface area contributed by atoms with Crippen LogP contribution < -0.4 is 10.6 Å². The third kappa shape index (κ3) is 6.79. The summed E-state index contributed by atoms with van der Waals surface area (Å²) in [6.07, 6.45) is -0.311. The highest BCUT2D eigenvalue weighted by Crippen LogP contribution is 2.16. The van der Waals surface area contributed by atoms with Gasteiger partial charge in [-0.05, 0) is 46.2 Å². The van der Waals surface area contributed by atoms with Crippen LogP contribution in [0.3, 0.4) is 0 Å². The molecule has 0 aliphatic carbocycles. The molecule has 1 aromatic carbocycles. The van der Waals surface area contributed by atoms with Crippen molar-refractivity contribution >= 4 is 17.7 Å². The fraction of sp³-hybridized carbons (Fsp3) is 0.500. The van der Waals surface area contributed by atoms with Gasteiger partial charge in [-0.3, -0.25) is 4.79 Å². The summed E-state index contributed by atoms with van der Waals surface area (Å²) in [6, 6.07) is 5.83. The number of amides is 2. The summed E-state index contributed by atoms with van der Waals surface area (Å²) in [5.74, 6) is -0.141. The van der Waals surface area contributed by atoms with Crippen LogP contribution in [0.2, 0.25) is 0 Å². The Kier molecular flexibility index (Phi) is 5.76. The van der Waals surface area contributed by atoms with Crippen molar-refractivity contribution in [2.75, 3.05) is 11.9 Å². The number of nitrogens with one attached hydrogen (secondary N) is 2. The number of aryl methyl sites for hydroxylation is 2. The van der Waals surface area contributed by atoms with Crippen LogP contribution in [0.15, 0.2) is 18.2 Å². The average molecular weight is 292 g/mol. The van der Waals surface area contributed by atoms with E-state index in [1.807, 2.05) is 32.0 Å². The molecule has 1 rings (SSSR count). The molecule has 0 bridgehead atoms. The smallest absolute Gasteiger partial charge is 0.407 e. The number of benzene rings is 1. The van der Waals surface area contributed by atoms with Gasteiger partial charge in [0, 0.05) is 18.7 Å². The summed E-state index contributed by atoms with van der Waals surface area (Å²) >= 11 is 0. The summed E-state index contributed by atoms with van der Waals surface area (Å²) in [5.41, 5.74) is 2.43. The van der Waals surface area contributed by atoms with E-state index in [-0.39, 0.29) is 18.9 Å². The Hall–Kier alpha value is -2.04. The van der Waals surface area contributed by atoms with Crippen molar-refractivity contribution in [3.63, 3.8) is 0 Å². The van der Waals surface area contributed by atoms with Gasteiger partial charge >= 0.3 is 6.09 Å². The summed E-state index contributed by atoms with van der Waals surface area (Å²) in [5, 5.41) is 5.39. The second-order valence-electron chi connectivity index (χ2n) is 6.05. The van der Waals surface area contributed by atoms with E-state index in [1.165, 1.54) is 0 Å². The summed E-state index contributed by atoms with van der Waals surface area (Å²) in [4.78, 5) is 23.2. The average Bonchev–Trinajstić information content (AvgIpc) is 2.30. The standard InChI is InChI=1S/C16H24N2O3/c1-11-6-7-13(12(2)10-11)18-14(19)8-9-17-15(20)21-16(3,4)5/h6-7,10H,8-9H2,1-5H3,(H,17,20)(H,18,19). The summed E-state index contributed by atoms with van der Waals surface area (Å²) in [7, 11) is 0. The Morgan fingerprint density at radius 1 is 1.19 bits per heavy atom. The minimum absolute atomic E-state index is 0.141. The van der Waals surface area contributed by atoms with Crippen LogP contribution in [-0.4, -0.2) is 24.1 Å². The molecule has 0 aliphatic rings. The van der Waals surface area contributed by atoms with Gasteiger partial charge in [-0.25, -0.2) is 4.79 Å². The first-order chi connectivity index (χ1) is 9.67. The number of hydrogen-bond donors (Lipinski definition) is 2. The molecular formula is C16H24N2O3. The molecule has 21 heavy (non-hydrogen) atoms. The van der Waals surface area contributed by atoms with Gasteiger partial charge in [0.1, 0.15) is 5.60 Å². The topological polar surface area (TPSA) is 67.4 Å². The van der Waals surface area contributed by atoms with Gasteiger partial charge in [0.05, 0.1) is 0 Å². The number of anilines is 1. The van der Waals surface area contributed by atoms with Crippen molar-refractivity contribution in [2.24, 2.45) is 0 Å². The first-order valence-electron chi connectivity index (χ1n) is 7.01.